The third-order valence-electron chi connectivity index (χ3n) is 10.5. The SMILES string of the molecule is c1ccc2cc(C3=NC(c4ccc(-c5cccc6ccc7ncc8ccccc8c7c56)cc4)N=C(c4cccc5c4sc4ccccc45)N3)ccc2c1. The lowest BCUT2D eigenvalue weighted by Gasteiger charge is -2.23. The van der Waals surface area contributed by atoms with Gasteiger partial charge >= 0.3 is 0 Å². The molecule has 1 N–H and O–H groups in total. The van der Waals surface area contributed by atoms with Crippen LogP contribution in [0, 0.1) is 0 Å². The first-order valence-corrected chi connectivity index (χ1v) is 18.7. The Morgan fingerprint density at radius 1 is 0.472 bits per heavy atom. The number of amidine groups is 2. The van der Waals surface area contributed by atoms with Crippen LogP contribution >= 0.6 is 11.3 Å². The van der Waals surface area contributed by atoms with Gasteiger partial charge in [-0.15, -0.1) is 11.3 Å². The lowest BCUT2D eigenvalue weighted by atomic mass is 9.92. The van der Waals surface area contributed by atoms with Crippen molar-refractivity contribution in [1.82, 2.24) is 10.3 Å². The van der Waals surface area contributed by atoms with Crippen molar-refractivity contribution in [2.75, 3.05) is 0 Å². The summed E-state index contributed by atoms with van der Waals surface area (Å²) in [7, 11) is 0. The van der Waals surface area contributed by atoms with Gasteiger partial charge in [-0.25, -0.2) is 9.98 Å². The molecule has 53 heavy (non-hydrogen) atoms. The summed E-state index contributed by atoms with van der Waals surface area (Å²) in [5.41, 5.74) is 6.48. The number of aromatic nitrogens is 1. The molecule has 3 heterocycles. The van der Waals surface area contributed by atoms with Crippen LogP contribution in [0.3, 0.4) is 0 Å². The molecule has 0 bridgehead atoms. The number of aliphatic imine (C=N–C) groups is 2. The maximum absolute atomic E-state index is 5.32. The van der Waals surface area contributed by atoms with Gasteiger partial charge in [0.2, 0.25) is 0 Å². The van der Waals surface area contributed by atoms with Crippen molar-refractivity contribution in [3.05, 3.63) is 187 Å². The lowest BCUT2D eigenvalue weighted by molar-refractivity contribution is 0.756. The van der Waals surface area contributed by atoms with E-state index in [0.717, 1.165) is 44.8 Å². The van der Waals surface area contributed by atoms with Crippen LogP contribution in [0.15, 0.2) is 180 Å². The second-order valence-electron chi connectivity index (χ2n) is 13.6. The minimum absolute atomic E-state index is 0.423. The topological polar surface area (TPSA) is 49.6 Å². The monoisotopic (exact) mass is 694 g/mol. The van der Waals surface area contributed by atoms with E-state index in [-0.39, 0.29) is 0 Å². The van der Waals surface area contributed by atoms with E-state index < -0.39 is 6.17 Å². The van der Waals surface area contributed by atoms with E-state index in [4.69, 9.17) is 15.0 Å². The number of nitrogens with zero attached hydrogens (tertiary/aromatic N) is 3. The Bertz CT molecular complexity index is 3150. The van der Waals surface area contributed by atoms with Crippen LogP contribution in [0.1, 0.15) is 22.9 Å². The first kappa shape index (κ1) is 30.0. The molecule has 248 valence electrons. The molecule has 2 aromatic heterocycles. The molecule has 1 unspecified atom stereocenters. The smallest absolute Gasteiger partial charge is 0.169 e. The van der Waals surface area contributed by atoms with E-state index in [1.807, 2.05) is 17.5 Å². The third-order valence-corrected chi connectivity index (χ3v) is 11.8. The fourth-order valence-corrected chi connectivity index (χ4v) is 9.17. The Morgan fingerprint density at radius 2 is 1.15 bits per heavy atom. The van der Waals surface area contributed by atoms with Crippen molar-refractivity contribution in [3.63, 3.8) is 0 Å². The van der Waals surface area contributed by atoms with E-state index in [9.17, 15) is 0 Å². The van der Waals surface area contributed by atoms with Crippen LogP contribution < -0.4 is 5.32 Å². The molecule has 0 radical (unpaired) electrons. The van der Waals surface area contributed by atoms with Crippen molar-refractivity contribution in [2.24, 2.45) is 9.98 Å². The van der Waals surface area contributed by atoms with Gasteiger partial charge in [0.15, 0.2) is 6.17 Å². The minimum Gasteiger partial charge on any atom is -0.324 e. The summed E-state index contributed by atoms with van der Waals surface area (Å²) in [5.74, 6) is 1.64. The molecule has 8 aromatic carbocycles. The van der Waals surface area contributed by atoms with E-state index in [0.29, 0.717) is 0 Å². The van der Waals surface area contributed by atoms with Crippen molar-refractivity contribution in [3.8, 4) is 11.1 Å². The third kappa shape index (κ3) is 4.93. The van der Waals surface area contributed by atoms with Gasteiger partial charge in [-0.05, 0) is 67.9 Å². The van der Waals surface area contributed by atoms with Gasteiger partial charge in [-0.3, -0.25) is 4.98 Å². The van der Waals surface area contributed by atoms with Gasteiger partial charge in [-0.2, -0.15) is 0 Å². The molecule has 11 rings (SSSR count). The number of benzene rings is 8. The summed E-state index contributed by atoms with van der Waals surface area (Å²) < 4.78 is 2.49. The minimum atomic E-state index is -0.423. The predicted octanol–water partition coefficient (Wildman–Crippen LogP) is 12.2. The van der Waals surface area contributed by atoms with E-state index in [2.05, 4.69) is 169 Å². The van der Waals surface area contributed by atoms with Crippen LogP contribution in [-0.4, -0.2) is 16.7 Å². The van der Waals surface area contributed by atoms with Crippen LogP contribution in [0.25, 0.3) is 74.5 Å². The summed E-state index contributed by atoms with van der Waals surface area (Å²) in [6.07, 6.45) is 1.55. The molecular formula is C48H30N4S. The summed E-state index contributed by atoms with van der Waals surface area (Å²) in [6.45, 7) is 0. The Morgan fingerprint density at radius 3 is 2.06 bits per heavy atom. The zero-order chi connectivity index (χ0) is 34.9. The van der Waals surface area contributed by atoms with Crippen molar-refractivity contribution in [2.45, 2.75) is 6.17 Å². The highest BCUT2D eigenvalue weighted by Crippen LogP contribution is 2.39. The second kappa shape index (κ2) is 11.9. The number of pyridine rings is 1. The normalized spacial score (nSPS) is 14.6. The Labute approximate surface area is 309 Å². The van der Waals surface area contributed by atoms with Crippen molar-refractivity contribution < 1.29 is 0 Å². The predicted molar refractivity (Wildman–Crippen MR) is 224 cm³/mol. The molecule has 1 aliphatic rings. The maximum atomic E-state index is 5.32. The molecule has 0 aliphatic carbocycles. The Balaban J connectivity index is 1.06. The molecular weight excluding hydrogens is 665 g/mol. The fourth-order valence-electron chi connectivity index (χ4n) is 7.95. The quantitative estimate of drug-likeness (QED) is 0.186. The average Bonchev–Trinajstić information content (AvgIpc) is 3.62. The standard InChI is InChI=1S/C48H30N4S/c1-2-10-33-27-34(24-19-29(33)9-1)47-50-46(51-48(52-47)40-17-8-16-39-38-14-5-6-18-42(38)53-45(39)40)32-22-20-30(21-23-32)36-15-7-12-31-25-26-41-44(43(31)36)37-13-4-3-11-35(37)28-49-41/h1-28,46H,(H,50,51,52). The molecule has 0 fully saturated rings. The number of nitrogens with one attached hydrogen (secondary N) is 1. The highest BCUT2D eigenvalue weighted by molar-refractivity contribution is 7.26. The second-order valence-corrected chi connectivity index (χ2v) is 14.7. The Hall–Kier alpha value is -6.69. The molecule has 4 nitrogen and oxygen atoms in total. The zero-order valence-corrected chi connectivity index (χ0v) is 29.3. The summed E-state index contributed by atoms with van der Waals surface area (Å²) >= 11 is 1.81. The Kier molecular flexibility index (Phi) is 6.76. The van der Waals surface area contributed by atoms with Crippen LogP contribution in [0.4, 0.5) is 0 Å². The van der Waals surface area contributed by atoms with E-state index in [1.165, 1.54) is 58.1 Å². The molecule has 1 aliphatic heterocycles. The summed E-state index contributed by atoms with van der Waals surface area (Å²) in [4.78, 5) is 15.4. The van der Waals surface area contributed by atoms with Crippen molar-refractivity contribution in [1.29, 1.82) is 0 Å². The van der Waals surface area contributed by atoms with Crippen LogP contribution in [-0.2, 0) is 0 Å². The first-order valence-electron chi connectivity index (χ1n) is 17.9. The average molecular weight is 695 g/mol. The highest BCUT2D eigenvalue weighted by Gasteiger charge is 2.23. The fraction of sp³-hybridized carbons (Fsp3) is 0.0208. The highest BCUT2D eigenvalue weighted by atomic mass is 32.1. The van der Waals surface area contributed by atoms with E-state index in [1.54, 1.807) is 0 Å². The number of rotatable bonds is 4. The first-order chi connectivity index (χ1) is 26.2. The zero-order valence-electron chi connectivity index (χ0n) is 28.5. The van der Waals surface area contributed by atoms with Gasteiger partial charge in [0.25, 0.3) is 0 Å². The molecule has 0 saturated heterocycles. The summed E-state index contributed by atoms with van der Waals surface area (Å²) in [6, 6.07) is 58.4. The number of hydrogen-bond donors (Lipinski definition) is 1. The number of fused-ring (bicyclic) bond motifs is 9. The van der Waals surface area contributed by atoms with Gasteiger partial charge < -0.3 is 5.32 Å². The molecule has 10 aromatic rings. The van der Waals surface area contributed by atoms with Gasteiger partial charge in [0.1, 0.15) is 11.7 Å². The molecule has 0 amide bonds. The van der Waals surface area contributed by atoms with Crippen LogP contribution in [0.2, 0.25) is 0 Å². The van der Waals surface area contributed by atoms with Crippen LogP contribution in [0.5, 0.6) is 0 Å². The summed E-state index contributed by atoms with van der Waals surface area (Å²) in [5, 5.41) is 14.5. The molecule has 0 spiro atoms. The molecule has 5 heteroatoms. The van der Waals surface area contributed by atoms with Crippen molar-refractivity contribution >= 4 is 86.4 Å². The largest absolute Gasteiger partial charge is 0.324 e. The molecule has 1 atom stereocenters. The lowest BCUT2D eigenvalue weighted by Crippen LogP contribution is -2.36. The molecule has 0 saturated carbocycles. The number of thiophene rings is 1. The maximum Gasteiger partial charge on any atom is 0.169 e. The van der Waals surface area contributed by atoms with Gasteiger partial charge in [0.05, 0.1) is 5.52 Å². The van der Waals surface area contributed by atoms with E-state index >= 15 is 0 Å². The van der Waals surface area contributed by atoms with Gasteiger partial charge in [0, 0.05) is 48.3 Å². The number of hydrogen-bond acceptors (Lipinski definition) is 5. The van der Waals surface area contributed by atoms with Gasteiger partial charge in [-0.1, -0.05) is 140 Å².